The molecule has 1 saturated heterocycles. The molecule has 1 atom stereocenters. The minimum Gasteiger partial charge on any atom is -0.325 e. The molecule has 0 N–H and O–H groups in total. The first-order chi connectivity index (χ1) is 16.2. The van der Waals surface area contributed by atoms with Crippen LogP contribution in [0.2, 0.25) is 0 Å². The quantitative estimate of drug-likeness (QED) is 0.440. The molecule has 2 aromatic carbocycles. The maximum atomic E-state index is 12.9. The van der Waals surface area contributed by atoms with Crippen LogP contribution >= 0.6 is 11.8 Å². The van der Waals surface area contributed by atoms with Crippen molar-refractivity contribution in [3.63, 3.8) is 0 Å². The van der Waals surface area contributed by atoms with Gasteiger partial charge >= 0.3 is 0 Å². The van der Waals surface area contributed by atoms with Crippen molar-refractivity contribution < 1.29 is 4.79 Å². The van der Waals surface area contributed by atoms with Gasteiger partial charge in [-0.05, 0) is 48.9 Å². The number of aliphatic imine (C=N–C) groups is 1. The van der Waals surface area contributed by atoms with Crippen molar-refractivity contribution in [1.82, 2.24) is 4.90 Å². The normalized spacial score (nSPS) is 20.4. The van der Waals surface area contributed by atoms with E-state index in [1.165, 1.54) is 56.1 Å². The highest BCUT2D eigenvalue weighted by Crippen LogP contribution is 2.33. The lowest BCUT2D eigenvalue weighted by Crippen LogP contribution is -2.49. The van der Waals surface area contributed by atoms with Gasteiger partial charge in [-0.25, -0.2) is 0 Å². The van der Waals surface area contributed by atoms with Crippen LogP contribution in [0.4, 0.5) is 5.69 Å². The number of carbonyl (C=O) groups is 1. The van der Waals surface area contributed by atoms with E-state index in [0.29, 0.717) is 6.04 Å². The maximum Gasteiger partial charge on any atom is 0.225 e. The molecule has 0 spiro atoms. The van der Waals surface area contributed by atoms with Crippen molar-refractivity contribution in [2.75, 3.05) is 10.7 Å². The lowest BCUT2D eigenvalue weighted by atomic mass is 9.96. The summed E-state index contributed by atoms with van der Waals surface area (Å²) in [6, 6.07) is 19.6. The Bertz CT molecular complexity index is 922. The molecule has 5 heteroatoms. The van der Waals surface area contributed by atoms with Gasteiger partial charge in [0.2, 0.25) is 5.91 Å². The smallest absolute Gasteiger partial charge is 0.225 e. The summed E-state index contributed by atoms with van der Waals surface area (Å²) < 4.78 is 0. The number of benzene rings is 2. The van der Waals surface area contributed by atoms with Gasteiger partial charge in [-0.1, -0.05) is 86.8 Å². The Hall–Kier alpha value is -2.27. The first kappa shape index (κ1) is 23.9. The van der Waals surface area contributed by atoms with Gasteiger partial charge in [0.15, 0.2) is 5.17 Å². The number of nitrogens with zero attached hydrogens (tertiary/aromatic N) is 3. The van der Waals surface area contributed by atoms with Gasteiger partial charge in [-0.3, -0.25) is 14.7 Å². The second-order valence-corrected chi connectivity index (χ2v) is 10.3. The number of carbonyl (C=O) groups excluding carboxylic acids is 1. The predicted molar refractivity (Wildman–Crippen MR) is 141 cm³/mol. The molecule has 0 radical (unpaired) electrons. The summed E-state index contributed by atoms with van der Waals surface area (Å²) >= 11 is 1.81. The third-order valence-electron chi connectivity index (χ3n) is 6.70. The van der Waals surface area contributed by atoms with Crippen molar-refractivity contribution in [1.29, 1.82) is 0 Å². The van der Waals surface area contributed by atoms with Gasteiger partial charge in [-0.15, -0.1) is 0 Å². The molecule has 1 heterocycles. The van der Waals surface area contributed by atoms with E-state index in [0.717, 1.165) is 29.6 Å². The van der Waals surface area contributed by atoms with Crippen LogP contribution in [0.25, 0.3) is 0 Å². The Labute approximate surface area is 203 Å². The fourth-order valence-electron chi connectivity index (χ4n) is 4.86. The lowest BCUT2D eigenvalue weighted by molar-refractivity contribution is -0.117. The first-order valence-corrected chi connectivity index (χ1v) is 13.5. The van der Waals surface area contributed by atoms with Crippen LogP contribution in [0, 0.1) is 0 Å². The summed E-state index contributed by atoms with van der Waals surface area (Å²) in [4.78, 5) is 22.5. The third-order valence-corrected chi connectivity index (χ3v) is 7.76. The van der Waals surface area contributed by atoms with Crippen LogP contribution in [0.15, 0.2) is 59.6 Å². The fraction of sp³-hybridized carbons (Fsp3) is 0.500. The Morgan fingerprint density at radius 3 is 2.42 bits per heavy atom. The Morgan fingerprint density at radius 1 is 1.03 bits per heavy atom. The third kappa shape index (κ3) is 6.20. The molecular weight excluding hydrogens is 426 g/mol. The van der Waals surface area contributed by atoms with Gasteiger partial charge in [0.1, 0.15) is 6.17 Å². The Kier molecular flexibility index (Phi) is 8.49. The Morgan fingerprint density at radius 2 is 1.76 bits per heavy atom. The second-order valence-electron chi connectivity index (χ2n) is 9.27. The number of anilines is 1. The van der Waals surface area contributed by atoms with E-state index in [1.807, 2.05) is 16.7 Å². The average molecular weight is 464 g/mol. The van der Waals surface area contributed by atoms with Crippen molar-refractivity contribution >= 4 is 28.5 Å². The zero-order valence-corrected chi connectivity index (χ0v) is 20.9. The number of thioether (sulfide) groups is 1. The molecule has 1 aliphatic carbocycles. The molecule has 4 nitrogen and oxygen atoms in total. The van der Waals surface area contributed by atoms with E-state index in [2.05, 4.69) is 66.4 Å². The number of aryl methyl sites for hydroxylation is 1. The topological polar surface area (TPSA) is 35.9 Å². The summed E-state index contributed by atoms with van der Waals surface area (Å²) in [6.45, 7) is 4.67. The van der Waals surface area contributed by atoms with Crippen molar-refractivity contribution in [2.24, 2.45) is 4.99 Å². The fourth-order valence-corrected chi connectivity index (χ4v) is 6.06. The van der Waals surface area contributed by atoms with Crippen LogP contribution in [-0.2, 0) is 17.8 Å². The summed E-state index contributed by atoms with van der Waals surface area (Å²) in [5.74, 6) is 0.925. The highest BCUT2D eigenvalue weighted by Gasteiger charge is 2.37. The van der Waals surface area contributed by atoms with Gasteiger partial charge in [0.05, 0.1) is 6.04 Å². The Balaban J connectivity index is 1.61. The number of hydrogen-bond donors (Lipinski definition) is 0. The molecule has 0 bridgehead atoms. The number of unbranched alkanes of at least 4 members (excludes halogenated alkanes) is 1. The summed E-state index contributed by atoms with van der Waals surface area (Å²) in [6.07, 6.45) is 9.70. The molecule has 1 unspecified atom stereocenters. The molecule has 2 aromatic rings. The molecule has 2 fully saturated rings. The molecule has 0 aromatic heterocycles. The van der Waals surface area contributed by atoms with Crippen molar-refractivity contribution in [3.05, 3.63) is 65.7 Å². The highest BCUT2D eigenvalue weighted by molar-refractivity contribution is 8.14. The van der Waals surface area contributed by atoms with Crippen LogP contribution in [-0.4, -0.2) is 33.9 Å². The van der Waals surface area contributed by atoms with E-state index in [-0.39, 0.29) is 12.1 Å². The molecule has 1 amide bonds. The largest absolute Gasteiger partial charge is 0.325 e. The number of rotatable bonds is 8. The van der Waals surface area contributed by atoms with Crippen molar-refractivity contribution in [2.45, 2.75) is 84.0 Å². The summed E-state index contributed by atoms with van der Waals surface area (Å²) in [5.41, 5.74) is 3.57. The van der Waals surface area contributed by atoms with Gasteiger partial charge in [0, 0.05) is 24.9 Å². The number of amides is 1. The SMILES string of the molecule is CCCCc1ccc(N(C(C)=O)C2CSC(=NC3CCCCC3)N2Cc2ccccc2)cc1. The minimum absolute atomic E-state index is 0.0310. The van der Waals surface area contributed by atoms with Gasteiger partial charge < -0.3 is 4.90 Å². The van der Waals surface area contributed by atoms with E-state index in [1.54, 1.807) is 6.92 Å². The molecule has 33 heavy (non-hydrogen) atoms. The molecule has 176 valence electrons. The van der Waals surface area contributed by atoms with Crippen LogP contribution in [0.3, 0.4) is 0 Å². The monoisotopic (exact) mass is 463 g/mol. The predicted octanol–water partition coefficient (Wildman–Crippen LogP) is 6.65. The maximum absolute atomic E-state index is 12.9. The minimum atomic E-state index is -0.0310. The van der Waals surface area contributed by atoms with E-state index in [4.69, 9.17) is 4.99 Å². The van der Waals surface area contributed by atoms with E-state index >= 15 is 0 Å². The second kappa shape index (κ2) is 11.7. The van der Waals surface area contributed by atoms with Crippen molar-refractivity contribution in [3.8, 4) is 0 Å². The zero-order valence-electron chi connectivity index (χ0n) is 20.1. The molecule has 4 rings (SSSR count). The molecule has 1 aliphatic heterocycles. The van der Waals surface area contributed by atoms with Crippen LogP contribution < -0.4 is 4.90 Å². The van der Waals surface area contributed by atoms with Gasteiger partial charge in [0.25, 0.3) is 0 Å². The first-order valence-electron chi connectivity index (χ1n) is 12.6. The highest BCUT2D eigenvalue weighted by atomic mass is 32.2. The van der Waals surface area contributed by atoms with E-state index in [9.17, 15) is 4.79 Å². The molecule has 1 saturated carbocycles. The molecule has 2 aliphatic rings. The van der Waals surface area contributed by atoms with Crippen LogP contribution in [0.1, 0.15) is 69.9 Å². The van der Waals surface area contributed by atoms with Gasteiger partial charge in [-0.2, -0.15) is 0 Å². The number of hydrogen-bond acceptors (Lipinski definition) is 3. The number of amidine groups is 1. The van der Waals surface area contributed by atoms with Crippen LogP contribution in [0.5, 0.6) is 0 Å². The lowest BCUT2D eigenvalue weighted by Gasteiger charge is -2.35. The summed E-state index contributed by atoms with van der Waals surface area (Å²) in [7, 11) is 0. The zero-order chi connectivity index (χ0) is 23.0. The average Bonchev–Trinajstić information content (AvgIpc) is 3.21. The van der Waals surface area contributed by atoms with E-state index < -0.39 is 0 Å². The standard InChI is InChI=1S/C28H37N3OS/c1-3-4-11-23-16-18-26(19-17-23)31(22(2)32)27-21-33-28(29-25-14-9-6-10-15-25)30(27)20-24-12-7-5-8-13-24/h5,7-8,12-13,16-19,25,27H,3-4,6,9-11,14-15,20-21H2,1-2H3. The molecular formula is C28H37N3OS. The summed E-state index contributed by atoms with van der Waals surface area (Å²) in [5, 5.41) is 1.10.